The summed E-state index contributed by atoms with van der Waals surface area (Å²) in [5, 5.41) is 0. The van der Waals surface area contributed by atoms with E-state index in [1.54, 1.807) is 0 Å². The second-order valence-electron chi connectivity index (χ2n) is 3.84. The summed E-state index contributed by atoms with van der Waals surface area (Å²) >= 11 is 0. The molecular formula is C13H15F3O. The molecule has 0 radical (unpaired) electrons. The Morgan fingerprint density at radius 2 is 1.82 bits per heavy atom. The molecule has 0 aromatic heterocycles. The molecule has 0 aliphatic carbocycles. The first-order chi connectivity index (χ1) is 7.84. The van der Waals surface area contributed by atoms with Gasteiger partial charge in [0.25, 0.3) is 0 Å². The van der Waals surface area contributed by atoms with Crippen LogP contribution in [0.4, 0.5) is 13.2 Å². The van der Waals surface area contributed by atoms with Crippen molar-refractivity contribution in [1.29, 1.82) is 0 Å². The molecule has 4 heteroatoms. The Hall–Kier alpha value is -1.45. The number of hydrogen-bond acceptors (Lipinski definition) is 1. The largest absolute Gasteiger partial charge is 0.491 e. The highest BCUT2D eigenvalue weighted by Crippen LogP contribution is 2.32. The third-order valence-corrected chi connectivity index (χ3v) is 2.46. The molecule has 0 aliphatic heterocycles. The molecule has 0 saturated carbocycles. The molecule has 0 fully saturated rings. The summed E-state index contributed by atoms with van der Waals surface area (Å²) in [5.74, 6) is 0.568. The molecule has 0 N–H and O–H groups in total. The van der Waals surface area contributed by atoms with Crippen LogP contribution in [0, 0.1) is 0 Å². The molecule has 17 heavy (non-hydrogen) atoms. The molecule has 0 aliphatic rings. The van der Waals surface area contributed by atoms with Crippen molar-refractivity contribution in [3.05, 3.63) is 36.4 Å². The van der Waals surface area contributed by atoms with Gasteiger partial charge in [0.15, 0.2) is 0 Å². The maximum atomic E-state index is 12.4. The zero-order chi connectivity index (χ0) is 13.1. The van der Waals surface area contributed by atoms with Crippen molar-refractivity contribution in [1.82, 2.24) is 0 Å². The molecule has 1 unspecified atom stereocenters. The van der Waals surface area contributed by atoms with E-state index in [0.29, 0.717) is 5.75 Å². The third-order valence-electron chi connectivity index (χ3n) is 2.46. The smallest absolute Gasteiger partial charge is 0.416 e. The number of rotatable bonds is 4. The Labute approximate surface area is 98.9 Å². The lowest BCUT2D eigenvalue weighted by Gasteiger charge is -2.14. The lowest BCUT2D eigenvalue weighted by molar-refractivity contribution is -0.0686. The standard InChI is InChI=1S/C13H15F3O/c1-4-9(2)17-12-7-5-11(6-8-12)10(3)13(14,15)16/h5-9H,3-4H2,1-2H3. The molecule has 0 amide bonds. The van der Waals surface area contributed by atoms with Gasteiger partial charge in [-0.15, -0.1) is 0 Å². The zero-order valence-corrected chi connectivity index (χ0v) is 9.84. The van der Waals surface area contributed by atoms with Gasteiger partial charge in [-0.25, -0.2) is 0 Å². The fraction of sp³-hybridized carbons (Fsp3) is 0.385. The van der Waals surface area contributed by atoms with Crippen LogP contribution in [-0.4, -0.2) is 12.3 Å². The fourth-order valence-corrected chi connectivity index (χ4v) is 1.21. The monoisotopic (exact) mass is 244 g/mol. The Balaban J connectivity index is 2.78. The van der Waals surface area contributed by atoms with Crippen LogP contribution in [0.5, 0.6) is 5.75 Å². The van der Waals surface area contributed by atoms with Crippen LogP contribution in [0.2, 0.25) is 0 Å². The number of ether oxygens (including phenoxy) is 1. The van der Waals surface area contributed by atoms with Gasteiger partial charge in [-0.1, -0.05) is 25.6 Å². The summed E-state index contributed by atoms with van der Waals surface area (Å²) in [6.07, 6.45) is -3.50. The molecule has 0 bridgehead atoms. The number of hydrogen-bond donors (Lipinski definition) is 0. The van der Waals surface area contributed by atoms with Crippen LogP contribution in [-0.2, 0) is 0 Å². The summed E-state index contributed by atoms with van der Waals surface area (Å²) in [5.41, 5.74) is -0.776. The van der Waals surface area contributed by atoms with E-state index >= 15 is 0 Å². The van der Waals surface area contributed by atoms with E-state index in [1.807, 2.05) is 13.8 Å². The lowest BCUT2D eigenvalue weighted by Crippen LogP contribution is -2.11. The molecule has 0 saturated heterocycles. The van der Waals surface area contributed by atoms with Crippen molar-refractivity contribution in [2.75, 3.05) is 0 Å². The summed E-state index contributed by atoms with van der Waals surface area (Å²) in [6.45, 7) is 6.92. The van der Waals surface area contributed by atoms with Crippen molar-refractivity contribution in [3.63, 3.8) is 0 Å². The van der Waals surface area contributed by atoms with Gasteiger partial charge in [0.1, 0.15) is 5.75 Å². The Morgan fingerprint density at radius 3 is 2.24 bits per heavy atom. The predicted molar refractivity (Wildman–Crippen MR) is 61.9 cm³/mol. The molecule has 0 spiro atoms. The van der Waals surface area contributed by atoms with Crippen molar-refractivity contribution in [2.45, 2.75) is 32.5 Å². The van der Waals surface area contributed by atoms with E-state index in [0.717, 1.165) is 6.42 Å². The molecule has 0 heterocycles. The molecule has 1 aromatic rings. The molecule has 94 valence electrons. The maximum absolute atomic E-state index is 12.4. The van der Waals surface area contributed by atoms with Crippen LogP contribution in [0.3, 0.4) is 0 Å². The highest BCUT2D eigenvalue weighted by Gasteiger charge is 2.32. The predicted octanol–water partition coefficient (Wildman–Crippen LogP) is 4.44. The quantitative estimate of drug-likeness (QED) is 0.760. The molecular weight excluding hydrogens is 229 g/mol. The van der Waals surface area contributed by atoms with E-state index in [-0.39, 0.29) is 11.7 Å². The van der Waals surface area contributed by atoms with Gasteiger partial charge < -0.3 is 4.74 Å². The lowest BCUT2D eigenvalue weighted by atomic mass is 10.1. The van der Waals surface area contributed by atoms with Crippen LogP contribution < -0.4 is 4.74 Å². The van der Waals surface area contributed by atoms with Crippen LogP contribution >= 0.6 is 0 Å². The minimum atomic E-state index is -4.39. The zero-order valence-electron chi connectivity index (χ0n) is 9.84. The molecule has 1 nitrogen and oxygen atoms in total. The van der Waals surface area contributed by atoms with Gasteiger partial charge in [-0.05, 0) is 31.0 Å². The number of benzene rings is 1. The SMILES string of the molecule is C=C(c1ccc(OC(C)CC)cc1)C(F)(F)F. The van der Waals surface area contributed by atoms with Gasteiger partial charge in [-0.2, -0.15) is 13.2 Å². The average molecular weight is 244 g/mol. The van der Waals surface area contributed by atoms with Gasteiger partial charge in [-0.3, -0.25) is 0 Å². The fourth-order valence-electron chi connectivity index (χ4n) is 1.21. The van der Waals surface area contributed by atoms with Gasteiger partial charge in [0.05, 0.1) is 11.7 Å². The van der Waals surface area contributed by atoms with E-state index in [4.69, 9.17) is 4.74 Å². The number of alkyl halides is 3. The van der Waals surface area contributed by atoms with Crippen molar-refractivity contribution in [2.24, 2.45) is 0 Å². The van der Waals surface area contributed by atoms with Gasteiger partial charge in [0, 0.05) is 0 Å². The second-order valence-corrected chi connectivity index (χ2v) is 3.84. The first-order valence-corrected chi connectivity index (χ1v) is 5.37. The first-order valence-electron chi connectivity index (χ1n) is 5.37. The first kappa shape index (κ1) is 13.6. The third kappa shape index (κ3) is 3.80. The van der Waals surface area contributed by atoms with E-state index < -0.39 is 11.7 Å². The van der Waals surface area contributed by atoms with Crippen LogP contribution in [0.25, 0.3) is 5.57 Å². The van der Waals surface area contributed by atoms with E-state index in [1.165, 1.54) is 24.3 Å². The normalized spacial score (nSPS) is 13.2. The molecule has 1 atom stereocenters. The maximum Gasteiger partial charge on any atom is 0.416 e. The summed E-state index contributed by atoms with van der Waals surface area (Å²) in [7, 11) is 0. The Bertz CT molecular complexity index is 379. The van der Waals surface area contributed by atoms with Gasteiger partial charge in [0.2, 0.25) is 0 Å². The van der Waals surface area contributed by atoms with E-state index in [9.17, 15) is 13.2 Å². The van der Waals surface area contributed by atoms with Gasteiger partial charge >= 0.3 is 6.18 Å². The van der Waals surface area contributed by atoms with Crippen LogP contribution in [0.1, 0.15) is 25.8 Å². The Morgan fingerprint density at radius 1 is 1.29 bits per heavy atom. The van der Waals surface area contributed by atoms with E-state index in [2.05, 4.69) is 6.58 Å². The summed E-state index contributed by atoms with van der Waals surface area (Å²) < 4.78 is 42.6. The van der Waals surface area contributed by atoms with Crippen molar-refractivity contribution < 1.29 is 17.9 Å². The minimum absolute atomic E-state index is 0.0478. The van der Waals surface area contributed by atoms with Crippen molar-refractivity contribution >= 4 is 5.57 Å². The number of allylic oxidation sites excluding steroid dienone is 1. The summed E-state index contributed by atoms with van der Waals surface area (Å²) in [6, 6.07) is 5.79. The molecule has 1 rings (SSSR count). The molecule has 1 aromatic carbocycles. The summed E-state index contributed by atoms with van der Waals surface area (Å²) in [4.78, 5) is 0. The topological polar surface area (TPSA) is 9.23 Å². The Kier molecular flexibility index (Phi) is 4.21. The minimum Gasteiger partial charge on any atom is -0.491 e. The van der Waals surface area contributed by atoms with Crippen LogP contribution in [0.15, 0.2) is 30.8 Å². The number of halogens is 3. The van der Waals surface area contributed by atoms with Crippen molar-refractivity contribution in [3.8, 4) is 5.75 Å². The average Bonchev–Trinajstić information content (AvgIpc) is 2.27. The highest BCUT2D eigenvalue weighted by atomic mass is 19.4. The second kappa shape index (κ2) is 5.25. The highest BCUT2D eigenvalue weighted by molar-refractivity contribution is 5.67.